The lowest BCUT2D eigenvalue weighted by Gasteiger charge is -2.32. The van der Waals surface area contributed by atoms with E-state index in [2.05, 4.69) is 171 Å². The Kier molecular flexibility index (Phi) is 7.97. The van der Waals surface area contributed by atoms with Gasteiger partial charge in [0, 0.05) is 11.3 Å². The Balaban J connectivity index is 1.45. The van der Waals surface area contributed by atoms with E-state index in [1.165, 1.54) is 37.9 Å². The van der Waals surface area contributed by atoms with Crippen LogP contribution in [0, 0.1) is 0 Å². The van der Waals surface area contributed by atoms with E-state index in [-0.39, 0.29) is 0 Å². The summed E-state index contributed by atoms with van der Waals surface area (Å²) in [7, 11) is -1.18. The van der Waals surface area contributed by atoms with Crippen LogP contribution in [0.1, 0.15) is 6.92 Å². The molecule has 0 fully saturated rings. The highest BCUT2D eigenvalue weighted by molar-refractivity contribution is 7.74. The molecule has 190 valence electrons. The lowest BCUT2D eigenvalue weighted by atomic mass is 9.95. The summed E-state index contributed by atoms with van der Waals surface area (Å²) in [6.45, 7) is 2.43. The van der Waals surface area contributed by atoms with E-state index in [1.54, 1.807) is 0 Å². The van der Waals surface area contributed by atoms with Gasteiger partial charge in [0.05, 0.1) is 0 Å². The van der Waals surface area contributed by atoms with Gasteiger partial charge in [-0.05, 0) is 53.8 Å². The molecule has 2 heteroatoms. The van der Waals surface area contributed by atoms with Gasteiger partial charge in [0.1, 0.15) is 0 Å². The topological polar surface area (TPSA) is 0 Å². The molecule has 2 aliphatic carbocycles. The van der Waals surface area contributed by atoms with Crippen molar-refractivity contribution in [1.82, 2.24) is 0 Å². The second kappa shape index (κ2) is 12.1. The molecule has 0 nitrogen and oxygen atoms in total. The van der Waals surface area contributed by atoms with Crippen molar-refractivity contribution in [3.05, 3.63) is 181 Å². The van der Waals surface area contributed by atoms with E-state index in [0.717, 1.165) is 0 Å². The van der Waals surface area contributed by atoms with Crippen molar-refractivity contribution in [2.24, 2.45) is 0 Å². The third-order valence-electron chi connectivity index (χ3n) is 7.41. The van der Waals surface area contributed by atoms with Crippen molar-refractivity contribution >= 4 is 37.1 Å². The Morgan fingerprint density at radius 3 is 1.54 bits per heavy atom. The number of hydrogen-bond donors (Lipinski definition) is 0. The minimum absolute atomic E-state index is 0.308. The van der Waals surface area contributed by atoms with Gasteiger partial charge in [0.15, 0.2) is 0 Å². The van der Waals surface area contributed by atoms with Gasteiger partial charge in [-0.1, -0.05) is 171 Å². The van der Waals surface area contributed by atoms with E-state index in [9.17, 15) is 0 Å². The molecule has 0 aromatic heterocycles. The van der Waals surface area contributed by atoms with Crippen molar-refractivity contribution in [3.63, 3.8) is 0 Å². The van der Waals surface area contributed by atoms with E-state index >= 15 is 0 Å². The summed E-state index contributed by atoms with van der Waals surface area (Å²) in [6, 6.07) is 44.4. The van der Waals surface area contributed by atoms with Crippen LogP contribution in [0.15, 0.2) is 181 Å². The minimum Gasteiger partial charge on any atom is -0.0721 e. The molecule has 0 saturated carbocycles. The number of benzene rings is 4. The maximum Gasteiger partial charge on any atom is 0.0310 e. The fraction of sp³-hybridized carbons (Fsp3) is 0.0811. The first-order valence-corrected chi connectivity index (χ1v) is 16.4. The van der Waals surface area contributed by atoms with E-state index < -0.39 is 15.8 Å². The second-order valence-electron chi connectivity index (χ2n) is 9.80. The van der Waals surface area contributed by atoms with Gasteiger partial charge in [0.25, 0.3) is 0 Å². The van der Waals surface area contributed by atoms with E-state index in [1.807, 2.05) is 0 Å². The zero-order valence-electron chi connectivity index (χ0n) is 22.1. The molecule has 2 atom stereocenters. The fourth-order valence-electron chi connectivity index (χ4n) is 5.63. The highest BCUT2D eigenvalue weighted by Crippen LogP contribution is 2.50. The van der Waals surface area contributed by atoms with Gasteiger partial charge in [-0.3, -0.25) is 0 Å². The molecule has 0 aliphatic heterocycles. The zero-order valence-corrected chi connectivity index (χ0v) is 23.9. The zero-order chi connectivity index (χ0) is 26.4. The predicted octanol–water partition coefficient (Wildman–Crippen LogP) is 7.93. The summed E-state index contributed by atoms with van der Waals surface area (Å²) in [5.74, 6) is 0. The van der Waals surface area contributed by atoms with Gasteiger partial charge < -0.3 is 0 Å². The Bertz CT molecular complexity index is 1470. The first-order valence-electron chi connectivity index (χ1n) is 13.6. The summed E-state index contributed by atoms with van der Waals surface area (Å²) in [6.07, 6.45) is 16.2. The summed E-state index contributed by atoms with van der Waals surface area (Å²) in [5, 5.41) is 5.68. The van der Waals surface area contributed by atoms with Crippen LogP contribution in [0.25, 0.3) is 0 Å². The predicted molar refractivity (Wildman–Crippen MR) is 174 cm³/mol. The average Bonchev–Trinajstić information content (AvgIpc) is 3.50. The van der Waals surface area contributed by atoms with Gasteiger partial charge in [-0.15, -0.1) is 0 Å². The van der Waals surface area contributed by atoms with Crippen molar-refractivity contribution in [2.75, 3.05) is 0 Å². The number of allylic oxidation sites excluding steroid dienone is 10. The van der Waals surface area contributed by atoms with Crippen molar-refractivity contribution < 1.29 is 0 Å². The molecule has 4 aromatic carbocycles. The smallest absolute Gasteiger partial charge is 0.0310 e. The molecule has 0 heterocycles. The van der Waals surface area contributed by atoms with Gasteiger partial charge in [0.2, 0.25) is 0 Å². The SMILES string of the molecule is CC(C1=CC=C/C1=C1/C=CC=CC1P(c1ccccc1)c1ccccc1)P(c1ccccc1)c1ccccc1. The number of rotatable bonds is 7. The maximum absolute atomic E-state index is 2.43. The van der Waals surface area contributed by atoms with Crippen molar-refractivity contribution in [1.29, 1.82) is 0 Å². The van der Waals surface area contributed by atoms with Crippen LogP contribution in [0.4, 0.5) is 0 Å². The van der Waals surface area contributed by atoms with Crippen LogP contribution in [0.3, 0.4) is 0 Å². The van der Waals surface area contributed by atoms with E-state index in [0.29, 0.717) is 11.3 Å². The third-order valence-corrected chi connectivity index (χ3v) is 12.9. The molecular weight excluding hydrogens is 506 g/mol. The fourth-order valence-corrected chi connectivity index (χ4v) is 11.0. The first kappa shape index (κ1) is 25.7. The first-order chi connectivity index (χ1) is 19.3. The molecule has 0 amide bonds. The molecule has 0 saturated heterocycles. The monoisotopic (exact) mass is 538 g/mol. The average molecular weight is 539 g/mol. The molecule has 2 aliphatic rings. The number of hydrogen-bond acceptors (Lipinski definition) is 0. The Morgan fingerprint density at radius 1 is 0.538 bits per heavy atom. The van der Waals surface area contributed by atoms with Crippen LogP contribution in [-0.2, 0) is 0 Å². The minimum atomic E-state index is -0.618. The van der Waals surface area contributed by atoms with Crippen LogP contribution in [0.5, 0.6) is 0 Å². The van der Waals surface area contributed by atoms with Crippen LogP contribution >= 0.6 is 15.8 Å². The maximum atomic E-state index is 2.43. The molecule has 0 bridgehead atoms. The molecular formula is C37H32P2. The summed E-state index contributed by atoms with van der Waals surface area (Å²) in [4.78, 5) is 0. The van der Waals surface area contributed by atoms with Crippen LogP contribution in [-0.4, -0.2) is 11.3 Å². The molecule has 0 radical (unpaired) electrons. The lowest BCUT2D eigenvalue weighted by molar-refractivity contribution is 1.12. The second-order valence-corrected chi connectivity index (χ2v) is 14.7. The molecule has 2 unspecified atom stereocenters. The lowest BCUT2D eigenvalue weighted by Crippen LogP contribution is -2.25. The summed E-state index contributed by atoms with van der Waals surface area (Å²) >= 11 is 0. The van der Waals surface area contributed by atoms with Crippen LogP contribution < -0.4 is 21.2 Å². The third kappa shape index (κ3) is 5.46. The standard InChI is InChI=1S/C37H32P2/c1-29(38(30-17-6-2-7-18-30)31-19-8-3-9-20-31)34-26-16-27-35(34)36-25-14-15-28-37(36)39(32-21-10-4-11-22-32)33-23-12-5-13-24-33/h2-29,37H,1H3/b36-35+. The Morgan fingerprint density at radius 2 is 1.03 bits per heavy atom. The largest absolute Gasteiger partial charge is 0.0721 e. The summed E-state index contributed by atoms with van der Waals surface area (Å²) in [5.41, 5.74) is 4.96. The molecule has 39 heavy (non-hydrogen) atoms. The Labute approximate surface area is 235 Å². The molecule has 0 spiro atoms. The normalized spacial score (nSPS) is 19.1. The Hall–Kier alpha value is -3.56. The van der Waals surface area contributed by atoms with Crippen LogP contribution in [0.2, 0.25) is 0 Å². The van der Waals surface area contributed by atoms with Gasteiger partial charge >= 0.3 is 0 Å². The summed E-state index contributed by atoms with van der Waals surface area (Å²) < 4.78 is 0. The highest BCUT2D eigenvalue weighted by Gasteiger charge is 2.32. The van der Waals surface area contributed by atoms with Gasteiger partial charge in [-0.25, -0.2) is 0 Å². The van der Waals surface area contributed by atoms with Gasteiger partial charge in [-0.2, -0.15) is 0 Å². The molecule has 0 N–H and O–H groups in total. The highest BCUT2D eigenvalue weighted by atomic mass is 31.1. The molecule has 4 aromatic rings. The quantitative estimate of drug-likeness (QED) is 0.210. The van der Waals surface area contributed by atoms with Crippen molar-refractivity contribution in [2.45, 2.75) is 18.2 Å². The van der Waals surface area contributed by atoms with E-state index in [4.69, 9.17) is 0 Å². The van der Waals surface area contributed by atoms with Crippen molar-refractivity contribution in [3.8, 4) is 0 Å². The molecule has 6 rings (SSSR count).